The lowest BCUT2D eigenvalue weighted by molar-refractivity contribution is -0.144. The zero-order valence-corrected chi connectivity index (χ0v) is 11.4. The smallest absolute Gasteiger partial charge is 0.328 e. The summed E-state index contributed by atoms with van der Waals surface area (Å²) >= 11 is 0. The van der Waals surface area contributed by atoms with E-state index in [1.54, 1.807) is 6.26 Å². The molecule has 19 heavy (non-hydrogen) atoms. The maximum atomic E-state index is 11.8. The number of hydrogen-bond acceptors (Lipinski definition) is 4. The summed E-state index contributed by atoms with van der Waals surface area (Å²) in [5, 5.41) is 13.9. The fraction of sp³-hybridized carbons (Fsp3) is 0.700. The van der Waals surface area contributed by atoms with E-state index in [4.69, 9.17) is 5.11 Å². The molecule has 0 radical (unpaired) electrons. The van der Waals surface area contributed by atoms with Gasteiger partial charge in [-0.1, -0.05) is 0 Å². The van der Waals surface area contributed by atoms with Gasteiger partial charge in [-0.3, -0.25) is 13.9 Å². The van der Waals surface area contributed by atoms with Crippen molar-refractivity contribution in [2.24, 2.45) is 0 Å². The van der Waals surface area contributed by atoms with E-state index in [1.165, 1.54) is 0 Å². The number of urea groups is 1. The van der Waals surface area contributed by atoms with Crippen LogP contribution in [-0.4, -0.2) is 69.8 Å². The molecule has 2 atom stereocenters. The number of nitrogens with one attached hydrogen (secondary N) is 2. The van der Waals surface area contributed by atoms with E-state index in [0.29, 0.717) is 18.7 Å². The molecule has 0 bridgehead atoms. The maximum Gasteiger partial charge on any atom is 0.328 e. The van der Waals surface area contributed by atoms with E-state index in [0.717, 1.165) is 4.90 Å². The first-order valence-electron chi connectivity index (χ1n) is 5.76. The van der Waals surface area contributed by atoms with Crippen LogP contribution in [0, 0.1) is 0 Å². The lowest BCUT2D eigenvalue weighted by atomic mass is 10.2. The number of nitrogens with zero attached hydrogens (tertiary/aromatic N) is 1. The van der Waals surface area contributed by atoms with E-state index in [2.05, 4.69) is 10.6 Å². The molecule has 3 N–H and O–H groups in total. The van der Waals surface area contributed by atoms with Crippen LogP contribution in [0.15, 0.2) is 0 Å². The molecule has 1 fully saturated rings. The first-order chi connectivity index (χ1) is 8.91. The van der Waals surface area contributed by atoms with E-state index in [9.17, 15) is 18.6 Å². The number of hydrogen-bond donors (Lipinski definition) is 3. The van der Waals surface area contributed by atoms with Crippen LogP contribution in [0.2, 0.25) is 0 Å². The fourth-order valence-electron chi connectivity index (χ4n) is 1.65. The van der Waals surface area contributed by atoms with Gasteiger partial charge >= 0.3 is 12.0 Å². The molecule has 0 aromatic carbocycles. The molecule has 108 valence electrons. The Bertz CT molecular complexity index is 401. The summed E-state index contributed by atoms with van der Waals surface area (Å²) in [6.07, 6.45) is 2.10. The van der Waals surface area contributed by atoms with Crippen LogP contribution < -0.4 is 10.6 Å². The van der Waals surface area contributed by atoms with Crippen LogP contribution in [-0.2, 0) is 20.4 Å². The molecule has 1 heterocycles. The molecular weight excluding hydrogens is 274 g/mol. The molecule has 1 rings (SSSR count). The molecule has 0 aliphatic carbocycles. The second-order valence-electron chi connectivity index (χ2n) is 4.15. The van der Waals surface area contributed by atoms with Gasteiger partial charge in [0.05, 0.1) is 0 Å². The van der Waals surface area contributed by atoms with Gasteiger partial charge in [0.1, 0.15) is 12.6 Å². The largest absolute Gasteiger partial charge is 0.480 e. The lowest BCUT2D eigenvalue weighted by Crippen LogP contribution is -2.61. The van der Waals surface area contributed by atoms with Gasteiger partial charge in [0.15, 0.2) is 0 Å². The van der Waals surface area contributed by atoms with Crippen molar-refractivity contribution in [3.05, 3.63) is 0 Å². The van der Waals surface area contributed by atoms with Crippen molar-refractivity contribution in [2.45, 2.75) is 12.5 Å². The standard InChI is InChI=1S/C10H17N3O5S/c1-19(18)4-2-3-11-10(17)13-6-8(14)12-5-7(13)9(15)16/h7H,2-6H2,1H3,(H,11,17)(H,12,14)(H,15,16). The average molecular weight is 291 g/mol. The van der Waals surface area contributed by atoms with Crippen LogP contribution in [0.5, 0.6) is 0 Å². The molecule has 8 nitrogen and oxygen atoms in total. The number of aliphatic carboxylic acids is 1. The fourth-order valence-corrected chi connectivity index (χ4v) is 2.20. The Morgan fingerprint density at radius 2 is 2.26 bits per heavy atom. The number of carboxylic acid groups (broad SMARTS) is 1. The summed E-state index contributed by atoms with van der Waals surface area (Å²) < 4.78 is 10.8. The lowest BCUT2D eigenvalue weighted by Gasteiger charge is -2.32. The van der Waals surface area contributed by atoms with Crippen molar-refractivity contribution >= 4 is 28.7 Å². The number of carbonyl (C=O) groups is 3. The molecular formula is C10H17N3O5S. The van der Waals surface area contributed by atoms with Crippen LogP contribution in [0.25, 0.3) is 0 Å². The van der Waals surface area contributed by atoms with Crippen molar-refractivity contribution in [3.8, 4) is 0 Å². The minimum Gasteiger partial charge on any atom is -0.480 e. The van der Waals surface area contributed by atoms with Gasteiger partial charge in [-0.2, -0.15) is 0 Å². The molecule has 2 unspecified atom stereocenters. The van der Waals surface area contributed by atoms with Gasteiger partial charge in [0, 0.05) is 35.9 Å². The van der Waals surface area contributed by atoms with E-state index < -0.39 is 28.8 Å². The van der Waals surface area contributed by atoms with Gasteiger partial charge < -0.3 is 15.7 Å². The Morgan fingerprint density at radius 1 is 1.58 bits per heavy atom. The highest BCUT2D eigenvalue weighted by molar-refractivity contribution is 7.84. The van der Waals surface area contributed by atoms with Crippen LogP contribution in [0.4, 0.5) is 4.79 Å². The average Bonchev–Trinajstić information content (AvgIpc) is 2.33. The topological polar surface area (TPSA) is 116 Å². The van der Waals surface area contributed by atoms with Crippen molar-refractivity contribution in [1.82, 2.24) is 15.5 Å². The normalized spacial score (nSPS) is 20.6. The molecule has 9 heteroatoms. The highest BCUT2D eigenvalue weighted by atomic mass is 32.2. The first-order valence-corrected chi connectivity index (χ1v) is 7.48. The highest BCUT2D eigenvalue weighted by Gasteiger charge is 2.34. The van der Waals surface area contributed by atoms with Crippen molar-refractivity contribution in [1.29, 1.82) is 0 Å². The van der Waals surface area contributed by atoms with Gasteiger partial charge in [-0.05, 0) is 6.42 Å². The van der Waals surface area contributed by atoms with Crippen LogP contribution in [0.1, 0.15) is 6.42 Å². The maximum absolute atomic E-state index is 11.8. The molecule has 0 aromatic rings. The zero-order valence-electron chi connectivity index (χ0n) is 10.5. The number of amides is 3. The quantitative estimate of drug-likeness (QED) is 0.525. The summed E-state index contributed by atoms with van der Waals surface area (Å²) in [7, 11) is -0.928. The molecule has 0 spiro atoms. The predicted molar refractivity (Wildman–Crippen MR) is 68.1 cm³/mol. The summed E-state index contributed by atoms with van der Waals surface area (Å²) in [5.41, 5.74) is 0. The number of carboxylic acids is 1. The van der Waals surface area contributed by atoms with E-state index in [-0.39, 0.29) is 19.0 Å². The minimum absolute atomic E-state index is 0.0967. The zero-order chi connectivity index (χ0) is 14.4. The molecule has 1 saturated heterocycles. The summed E-state index contributed by atoms with van der Waals surface area (Å²) in [4.78, 5) is 35.0. The van der Waals surface area contributed by atoms with Gasteiger partial charge in [0.25, 0.3) is 0 Å². The van der Waals surface area contributed by atoms with Crippen LogP contribution >= 0.6 is 0 Å². The third-order valence-electron chi connectivity index (χ3n) is 2.61. The molecule has 0 aromatic heterocycles. The molecule has 1 aliphatic rings. The first kappa shape index (κ1) is 15.4. The van der Waals surface area contributed by atoms with Crippen molar-refractivity contribution < 1.29 is 23.7 Å². The highest BCUT2D eigenvalue weighted by Crippen LogP contribution is 2.04. The Balaban J connectivity index is 2.49. The summed E-state index contributed by atoms with van der Waals surface area (Å²) in [6.45, 7) is -0.0774. The number of carbonyl (C=O) groups excluding carboxylic acids is 2. The summed E-state index contributed by atoms with van der Waals surface area (Å²) in [5.74, 6) is -1.09. The monoisotopic (exact) mass is 291 g/mol. The third-order valence-corrected chi connectivity index (χ3v) is 3.48. The molecule has 3 amide bonds. The van der Waals surface area contributed by atoms with E-state index in [1.807, 2.05) is 0 Å². The SMILES string of the molecule is CS(=O)CCCNC(=O)N1CC(=O)NCC1C(=O)O. The Kier molecular flexibility index (Phi) is 5.74. The molecule has 1 aliphatic heterocycles. The second-order valence-corrected chi connectivity index (χ2v) is 5.70. The Morgan fingerprint density at radius 3 is 2.84 bits per heavy atom. The number of piperazine rings is 1. The Labute approximate surface area is 113 Å². The Hall–Kier alpha value is -1.64. The van der Waals surface area contributed by atoms with E-state index >= 15 is 0 Å². The van der Waals surface area contributed by atoms with Gasteiger partial charge in [-0.15, -0.1) is 0 Å². The third kappa shape index (κ3) is 4.86. The molecule has 0 saturated carbocycles. The summed E-state index contributed by atoms with van der Waals surface area (Å²) in [6, 6.07) is -1.65. The predicted octanol–water partition coefficient (Wildman–Crippen LogP) is -1.65. The van der Waals surface area contributed by atoms with Crippen molar-refractivity contribution in [3.63, 3.8) is 0 Å². The second kappa shape index (κ2) is 7.07. The van der Waals surface area contributed by atoms with Gasteiger partial charge in [-0.25, -0.2) is 9.59 Å². The number of rotatable bonds is 5. The van der Waals surface area contributed by atoms with Crippen molar-refractivity contribution in [2.75, 3.05) is 31.6 Å². The van der Waals surface area contributed by atoms with Crippen LogP contribution in [0.3, 0.4) is 0 Å². The minimum atomic E-state index is -1.16. The van der Waals surface area contributed by atoms with Gasteiger partial charge in [0.2, 0.25) is 5.91 Å².